The third-order valence-corrected chi connectivity index (χ3v) is 3.05. The summed E-state index contributed by atoms with van der Waals surface area (Å²) in [5, 5.41) is 2.33. The van der Waals surface area contributed by atoms with Crippen molar-refractivity contribution < 1.29 is 4.74 Å². The van der Waals surface area contributed by atoms with Crippen molar-refractivity contribution in [2.75, 3.05) is 0 Å². The zero-order valence-corrected chi connectivity index (χ0v) is 12.1. The molecule has 0 amide bonds. The van der Waals surface area contributed by atoms with E-state index in [9.17, 15) is 0 Å². The molecule has 1 heterocycles. The maximum atomic E-state index is 5.98. The van der Waals surface area contributed by atoms with Gasteiger partial charge in [-0.3, -0.25) is 0 Å². The summed E-state index contributed by atoms with van der Waals surface area (Å²) in [6.07, 6.45) is 0. The van der Waals surface area contributed by atoms with Crippen molar-refractivity contribution in [1.29, 1.82) is 0 Å². The highest BCUT2D eigenvalue weighted by molar-refractivity contribution is 5.90. The molecular formula is C16H21NO. The SMILES string of the molecule is Cc1cc2c(C)c(C)ccc2c(OC(C)(C)C)n1. The molecule has 0 aliphatic rings. The molecule has 1 aromatic carbocycles. The zero-order valence-electron chi connectivity index (χ0n) is 12.1. The molecule has 0 atom stereocenters. The Labute approximate surface area is 109 Å². The van der Waals surface area contributed by atoms with Gasteiger partial charge in [-0.2, -0.15) is 0 Å². The maximum absolute atomic E-state index is 5.98. The molecule has 0 fully saturated rings. The van der Waals surface area contributed by atoms with E-state index in [4.69, 9.17) is 4.74 Å². The normalized spacial score (nSPS) is 11.9. The highest BCUT2D eigenvalue weighted by Crippen LogP contribution is 2.30. The van der Waals surface area contributed by atoms with E-state index in [1.807, 2.05) is 27.7 Å². The van der Waals surface area contributed by atoms with Gasteiger partial charge in [0.1, 0.15) is 5.60 Å². The molecule has 2 rings (SSSR count). The predicted octanol–water partition coefficient (Wildman–Crippen LogP) is 4.34. The van der Waals surface area contributed by atoms with Crippen molar-refractivity contribution >= 4 is 10.8 Å². The first-order valence-electron chi connectivity index (χ1n) is 6.34. The Morgan fingerprint density at radius 1 is 1.00 bits per heavy atom. The lowest BCUT2D eigenvalue weighted by atomic mass is 10.0. The average molecular weight is 243 g/mol. The van der Waals surface area contributed by atoms with Crippen molar-refractivity contribution in [3.05, 3.63) is 35.0 Å². The molecule has 0 unspecified atom stereocenters. The van der Waals surface area contributed by atoms with E-state index < -0.39 is 0 Å². The Morgan fingerprint density at radius 2 is 1.67 bits per heavy atom. The second-order valence-corrected chi connectivity index (χ2v) is 5.89. The smallest absolute Gasteiger partial charge is 0.222 e. The van der Waals surface area contributed by atoms with Crippen LogP contribution in [0.1, 0.15) is 37.6 Å². The fourth-order valence-electron chi connectivity index (χ4n) is 2.04. The van der Waals surface area contributed by atoms with Gasteiger partial charge in [0.2, 0.25) is 5.88 Å². The molecule has 1 aromatic heterocycles. The number of nitrogens with zero attached hydrogens (tertiary/aromatic N) is 1. The van der Waals surface area contributed by atoms with Crippen LogP contribution in [0.4, 0.5) is 0 Å². The standard InChI is InChI=1S/C16H21NO/c1-10-7-8-13-14(12(10)3)9-11(2)17-15(13)18-16(4,5)6/h7-9H,1-6H3. The molecule has 2 aromatic rings. The van der Waals surface area contributed by atoms with Crippen molar-refractivity contribution in [3.63, 3.8) is 0 Å². The minimum Gasteiger partial charge on any atom is -0.471 e. The van der Waals surface area contributed by atoms with Gasteiger partial charge < -0.3 is 4.74 Å². The van der Waals surface area contributed by atoms with Gasteiger partial charge in [-0.15, -0.1) is 0 Å². The quantitative estimate of drug-likeness (QED) is 0.743. The summed E-state index contributed by atoms with van der Waals surface area (Å²) < 4.78 is 5.98. The molecule has 0 saturated heterocycles. The number of rotatable bonds is 1. The summed E-state index contributed by atoms with van der Waals surface area (Å²) in [7, 11) is 0. The van der Waals surface area contributed by atoms with Gasteiger partial charge >= 0.3 is 0 Å². The lowest BCUT2D eigenvalue weighted by molar-refractivity contribution is 0.126. The molecule has 0 saturated carbocycles. The third-order valence-electron chi connectivity index (χ3n) is 3.05. The van der Waals surface area contributed by atoms with E-state index in [0.29, 0.717) is 0 Å². The summed E-state index contributed by atoms with van der Waals surface area (Å²) >= 11 is 0. The van der Waals surface area contributed by atoms with Gasteiger partial charge in [0, 0.05) is 11.1 Å². The summed E-state index contributed by atoms with van der Waals surface area (Å²) in [6.45, 7) is 12.4. The lowest BCUT2D eigenvalue weighted by Gasteiger charge is -2.22. The molecule has 0 N–H and O–H groups in total. The first-order valence-corrected chi connectivity index (χ1v) is 6.34. The summed E-state index contributed by atoms with van der Waals surface area (Å²) in [4.78, 5) is 4.54. The monoisotopic (exact) mass is 243 g/mol. The second kappa shape index (κ2) is 4.27. The van der Waals surface area contributed by atoms with Crippen LogP contribution in [0.15, 0.2) is 18.2 Å². The molecule has 2 heteroatoms. The first-order chi connectivity index (χ1) is 8.28. The van der Waals surface area contributed by atoms with Gasteiger partial charge in [0.05, 0.1) is 0 Å². The van der Waals surface area contributed by atoms with Gasteiger partial charge in [0.25, 0.3) is 0 Å². The van der Waals surface area contributed by atoms with Crippen molar-refractivity contribution in [2.24, 2.45) is 0 Å². The molecule has 0 bridgehead atoms. The number of hydrogen-bond donors (Lipinski definition) is 0. The van der Waals surface area contributed by atoms with Gasteiger partial charge in [-0.05, 0) is 70.2 Å². The Hall–Kier alpha value is -1.57. The zero-order chi connectivity index (χ0) is 13.5. The van der Waals surface area contributed by atoms with Crippen LogP contribution in [0.2, 0.25) is 0 Å². The second-order valence-electron chi connectivity index (χ2n) is 5.89. The van der Waals surface area contributed by atoms with Crippen LogP contribution in [-0.4, -0.2) is 10.6 Å². The largest absolute Gasteiger partial charge is 0.471 e. The highest BCUT2D eigenvalue weighted by atomic mass is 16.5. The minimum absolute atomic E-state index is 0.230. The summed E-state index contributed by atoms with van der Waals surface area (Å²) in [5.74, 6) is 0.737. The van der Waals surface area contributed by atoms with Gasteiger partial charge in [-0.25, -0.2) is 4.98 Å². The maximum Gasteiger partial charge on any atom is 0.222 e. The van der Waals surface area contributed by atoms with Crippen LogP contribution in [0.25, 0.3) is 10.8 Å². The van der Waals surface area contributed by atoms with Crippen LogP contribution in [0, 0.1) is 20.8 Å². The average Bonchev–Trinajstić information content (AvgIpc) is 2.21. The molecule has 2 nitrogen and oxygen atoms in total. The molecule has 96 valence electrons. The van der Waals surface area contributed by atoms with Gasteiger partial charge in [0.15, 0.2) is 0 Å². The Morgan fingerprint density at radius 3 is 2.28 bits per heavy atom. The van der Waals surface area contributed by atoms with Crippen molar-refractivity contribution in [2.45, 2.75) is 47.1 Å². The summed E-state index contributed by atoms with van der Waals surface area (Å²) in [5.41, 5.74) is 3.37. The molecule has 0 spiro atoms. The van der Waals surface area contributed by atoms with Crippen LogP contribution < -0.4 is 4.74 Å². The topological polar surface area (TPSA) is 22.1 Å². The fraction of sp³-hybridized carbons (Fsp3) is 0.438. The summed E-state index contributed by atoms with van der Waals surface area (Å²) in [6, 6.07) is 6.36. The number of ether oxygens (including phenoxy) is 1. The number of aryl methyl sites for hydroxylation is 3. The number of hydrogen-bond acceptors (Lipinski definition) is 2. The Kier molecular flexibility index (Phi) is 3.05. The van der Waals surface area contributed by atoms with Gasteiger partial charge in [-0.1, -0.05) is 6.07 Å². The number of benzene rings is 1. The molecule has 0 radical (unpaired) electrons. The fourth-order valence-corrected chi connectivity index (χ4v) is 2.04. The molecule has 18 heavy (non-hydrogen) atoms. The van der Waals surface area contributed by atoms with E-state index in [2.05, 4.69) is 37.0 Å². The molecular weight excluding hydrogens is 222 g/mol. The van der Waals surface area contributed by atoms with Crippen LogP contribution >= 0.6 is 0 Å². The Balaban J connectivity index is 2.71. The predicted molar refractivity (Wildman–Crippen MR) is 76.3 cm³/mol. The lowest BCUT2D eigenvalue weighted by Crippen LogP contribution is -2.23. The molecule has 0 aliphatic heterocycles. The first kappa shape index (κ1) is 12.9. The van der Waals surface area contributed by atoms with E-state index in [0.717, 1.165) is 17.0 Å². The van der Waals surface area contributed by atoms with E-state index in [1.165, 1.54) is 16.5 Å². The number of fused-ring (bicyclic) bond motifs is 1. The van der Waals surface area contributed by atoms with E-state index in [1.54, 1.807) is 0 Å². The van der Waals surface area contributed by atoms with Crippen LogP contribution in [-0.2, 0) is 0 Å². The van der Waals surface area contributed by atoms with Crippen LogP contribution in [0.5, 0.6) is 5.88 Å². The third kappa shape index (κ3) is 2.47. The van der Waals surface area contributed by atoms with E-state index >= 15 is 0 Å². The Bertz CT molecular complexity index is 594. The van der Waals surface area contributed by atoms with E-state index in [-0.39, 0.29) is 5.60 Å². The number of aromatic nitrogens is 1. The highest BCUT2D eigenvalue weighted by Gasteiger charge is 2.16. The number of pyridine rings is 1. The van der Waals surface area contributed by atoms with Crippen molar-refractivity contribution in [1.82, 2.24) is 4.98 Å². The minimum atomic E-state index is -0.230. The molecule has 0 aliphatic carbocycles. The van der Waals surface area contributed by atoms with Crippen molar-refractivity contribution in [3.8, 4) is 5.88 Å². The van der Waals surface area contributed by atoms with Crippen LogP contribution in [0.3, 0.4) is 0 Å².